The number of likely N-dealkylation sites (tertiary alicyclic amines) is 1. The summed E-state index contributed by atoms with van der Waals surface area (Å²) >= 11 is 0. The first-order chi connectivity index (χ1) is 6.95. The lowest BCUT2D eigenvalue weighted by molar-refractivity contribution is -0.171. The Balaban J connectivity index is 2.49. The second-order valence-electron chi connectivity index (χ2n) is 3.26. The van der Waals surface area contributed by atoms with E-state index in [0.29, 0.717) is 0 Å². The van der Waals surface area contributed by atoms with Crippen LogP contribution in [-0.2, 0) is 4.79 Å². The lowest BCUT2D eigenvalue weighted by Crippen LogP contribution is -2.33. The number of carbonyl (C=O) groups excluding carboxylic acids is 1. The SMILES string of the molecule is [N-]=[N+]=NCC(=O)N1CC[C@@H](C(F)(F)F)C1. The van der Waals surface area contributed by atoms with Gasteiger partial charge in [-0.15, -0.1) is 0 Å². The largest absolute Gasteiger partial charge is 0.393 e. The van der Waals surface area contributed by atoms with Crippen molar-refractivity contribution in [3.63, 3.8) is 0 Å². The van der Waals surface area contributed by atoms with Crippen molar-refractivity contribution in [1.29, 1.82) is 0 Å². The van der Waals surface area contributed by atoms with Gasteiger partial charge in [0, 0.05) is 18.0 Å². The van der Waals surface area contributed by atoms with Gasteiger partial charge in [-0.2, -0.15) is 13.2 Å². The highest BCUT2D eigenvalue weighted by Gasteiger charge is 2.44. The zero-order chi connectivity index (χ0) is 11.5. The zero-order valence-electron chi connectivity index (χ0n) is 7.74. The lowest BCUT2D eigenvalue weighted by atomic mass is 10.1. The molecule has 0 unspecified atom stereocenters. The third kappa shape index (κ3) is 3.02. The number of halogens is 3. The summed E-state index contributed by atoms with van der Waals surface area (Å²) in [5.74, 6) is -2.01. The minimum atomic E-state index is -4.26. The van der Waals surface area contributed by atoms with E-state index in [9.17, 15) is 18.0 Å². The fourth-order valence-electron chi connectivity index (χ4n) is 1.45. The number of alkyl halides is 3. The Labute approximate surface area is 83.5 Å². The molecule has 0 aromatic rings. The molecular formula is C7H9F3N4O. The molecule has 0 saturated carbocycles. The molecular weight excluding hydrogens is 213 g/mol. The predicted molar refractivity (Wildman–Crippen MR) is 44.8 cm³/mol. The number of azide groups is 1. The summed E-state index contributed by atoms with van der Waals surface area (Å²) in [5, 5.41) is 3.01. The molecule has 0 aliphatic carbocycles. The minimum Gasteiger partial charge on any atom is -0.342 e. The second-order valence-corrected chi connectivity index (χ2v) is 3.26. The van der Waals surface area contributed by atoms with E-state index in [0.717, 1.165) is 4.90 Å². The summed E-state index contributed by atoms with van der Waals surface area (Å²) in [4.78, 5) is 14.6. The lowest BCUT2D eigenvalue weighted by Gasteiger charge is -2.16. The Morgan fingerprint density at radius 3 is 2.73 bits per heavy atom. The van der Waals surface area contributed by atoms with Crippen LogP contribution in [0.4, 0.5) is 13.2 Å². The summed E-state index contributed by atoms with van der Waals surface area (Å²) < 4.78 is 36.7. The quantitative estimate of drug-likeness (QED) is 0.398. The molecule has 1 aliphatic rings. The highest BCUT2D eigenvalue weighted by Crippen LogP contribution is 2.33. The first kappa shape index (κ1) is 11.6. The number of amides is 1. The molecule has 0 radical (unpaired) electrons. The third-order valence-corrected chi connectivity index (χ3v) is 2.27. The van der Waals surface area contributed by atoms with Gasteiger partial charge in [-0.05, 0) is 12.0 Å². The van der Waals surface area contributed by atoms with Crippen molar-refractivity contribution < 1.29 is 18.0 Å². The molecule has 0 aromatic heterocycles. The summed E-state index contributed by atoms with van der Waals surface area (Å²) in [6.45, 7) is -0.672. The van der Waals surface area contributed by atoms with Crippen LogP contribution in [-0.4, -0.2) is 36.6 Å². The maximum Gasteiger partial charge on any atom is 0.393 e. The third-order valence-electron chi connectivity index (χ3n) is 2.27. The van der Waals surface area contributed by atoms with Crippen LogP contribution in [0.15, 0.2) is 5.11 Å². The van der Waals surface area contributed by atoms with Gasteiger partial charge in [-0.25, -0.2) is 0 Å². The van der Waals surface area contributed by atoms with Crippen LogP contribution in [0, 0.1) is 5.92 Å². The van der Waals surface area contributed by atoms with Gasteiger partial charge in [0.15, 0.2) is 0 Å². The Morgan fingerprint density at radius 1 is 1.60 bits per heavy atom. The maximum absolute atomic E-state index is 12.2. The van der Waals surface area contributed by atoms with E-state index in [-0.39, 0.29) is 19.5 Å². The van der Waals surface area contributed by atoms with Crippen molar-refractivity contribution in [3.8, 4) is 0 Å². The molecule has 8 heteroatoms. The zero-order valence-corrected chi connectivity index (χ0v) is 7.74. The average molecular weight is 222 g/mol. The first-order valence-electron chi connectivity index (χ1n) is 4.30. The van der Waals surface area contributed by atoms with Gasteiger partial charge in [0.1, 0.15) is 6.54 Å². The Hall–Kier alpha value is -1.43. The van der Waals surface area contributed by atoms with Gasteiger partial charge < -0.3 is 4.90 Å². The molecule has 1 amide bonds. The van der Waals surface area contributed by atoms with Gasteiger partial charge in [0.25, 0.3) is 0 Å². The fourth-order valence-corrected chi connectivity index (χ4v) is 1.45. The Kier molecular flexibility index (Phi) is 3.41. The van der Waals surface area contributed by atoms with Crippen LogP contribution in [0.25, 0.3) is 10.4 Å². The highest BCUT2D eigenvalue weighted by molar-refractivity contribution is 5.78. The van der Waals surface area contributed by atoms with Crippen LogP contribution in [0.2, 0.25) is 0 Å². The standard InChI is InChI=1S/C7H9F3N4O/c8-7(9,10)5-1-2-14(4-5)6(15)3-12-13-11/h5H,1-4H2/t5-/m1/s1. The summed E-state index contributed by atoms with van der Waals surface area (Å²) in [7, 11) is 0. The van der Waals surface area contributed by atoms with Crippen LogP contribution in [0.5, 0.6) is 0 Å². The van der Waals surface area contributed by atoms with Crippen molar-refractivity contribution in [2.75, 3.05) is 19.6 Å². The van der Waals surface area contributed by atoms with Crippen LogP contribution in [0.3, 0.4) is 0 Å². The first-order valence-corrected chi connectivity index (χ1v) is 4.30. The van der Waals surface area contributed by atoms with E-state index in [1.54, 1.807) is 0 Å². The summed E-state index contributed by atoms with van der Waals surface area (Å²) in [6, 6.07) is 0. The van der Waals surface area contributed by atoms with Crippen molar-refractivity contribution in [3.05, 3.63) is 10.4 Å². The topological polar surface area (TPSA) is 69.1 Å². The second kappa shape index (κ2) is 4.39. The molecule has 0 bridgehead atoms. The van der Waals surface area contributed by atoms with Crippen molar-refractivity contribution in [1.82, 2.24) is 4.90 Å². The van der Waals surface area contributed by atoms with E-state index in [2.05, 4.69) is 10.0 Å². The number of nitrogens with zero attached hydrogens (tertiary/aromatic N) is 4. The van der Waals surface area contributed by atoms with Crippen LogP contribution >= 0.6 is 0 Å². The molecule has 84 valence electrons. The molecule has 1 aliphatic heterocycles. The van der Waals surface area contributed by atoms with Crippen molar-refractivity contribution >= 4 is 5.91 Å². The normalized spacial score (nSPS) is 21.3. The smallest absolute Gasteiger partial charge is 0.342 e. The van der Waals surface area contributed by atoms with Gasteiger partial charge in [0.05, 0.1) is 5.92 Å². The van der Waals surface area contributed by atoms with E-state index in [1.165, 1.54) is 0 Å². The minimum absolute atomic E-state index is 0.0734. The average Bonchev–Trinajstić information content (AvgIpc) is 2.62. The molecule has 0 aromatic carbocycles. The predicted octanol–water partition coefficient (Wildman–Crippen LogP) is 1.71. The van der Waals surface area contributed by atoms with Gasteiger partial charge >= 0.3 is 6.18 Å². The van der Waals surface area contributed by atoms with Crippen molar-refractivity contribution in [2.24, 2.45) is 11.0 Å². The number of hydrogen-bond donors (Lipinski definition) is 0. The maximum atomic E-state index is 12.2. The van der Waals surface area contributed by atoms with Gasteiger partial charge in [-0.1, -0.05) is 5.11 Å². The Morgan fingerprint density at radius 2 is 2.27 bits per heavy atom. The summed E-state index contributed by atoms with van der Waals surface area (Å²) in [5.41, 5.74) is 7.95. The fraction of sp³-hybridized carbons (Fsp3) is 0.857. The van der Waals surface area contributed by atoms with E-state index >= 15 is 0 Å². The van der Waals surface area contributed by atoms with Crippen LogP contribution < -0.4 is 0 Å². The van der Waals surface area contributed by atoms with Crippen LogP contribution in [0.1, 0.15) is 6.42 Å². The molecule has 1 saturated heterocycles. The molecule has 15 heavy (non-hydrogen) atoms. The van der Waals surface area contributed by atoms with Gasteiger partial charge in [0.2, 0.25) is 5.91 Å². The number of carbonyl (C=O) groups is 1. The molecule has 5 nitrogen and oxygen atoms in total. The molecule has 0 spiro atoms. The van der Waals surface area contributed by atoms with Gasteiger partial charge in [-0.3, -0.25) is 4.79 Å². The molecule has 1 atom stereocenters. The molecule has 1 heterocycles. The van der Waals surface area contributed by atoms with E-state index in [1.807, 2.05) is 0 Å². The van der Waals surface area contributed by atoms with E-state index < -0.39 is 24.5 Å². The van der Waals surface area contributed by atoms with E-state index in [4.69, 9.17) is 5.53 Å². The highest BCUT2D eigenvalue weighted by atomic mass is 19.4. The van der Waals surface area contributed by atoms with Crippen molar-refractivity contribution in [2.45, 2.75) is 12.6 Å². The molecule has 1 fully saturated rings. The monoisotopic (exact) mass is 222 g/mol. The molecule has 1 rings (SSSR count). The number of rotatable bonds is 2. The Bertz CT molecular complexity index is 297. The summed E-state index contributed by atoms with van der Waals surface area (Å²) in [6.07, 6.45) is -4.33. The molecule has 0 N–H and O–H groups in total. The number of hydrogen-bond acceptors (Lipinski definition) is 2.